The molecule has 4 aromatic heterocycles. The third-order valence-corrected chi connectivity index (χ3v) is 6.21. The van der Waals surface area contributed by atoms with E-state index in [2.05, 4.69) is 20.4 Å². The van der Waals surface area contributed by atoms with Crippen molar-refractivity contribution >= 4 is 22.9 Å². The van der Waals surface area contributed by atoms with E-state index in [4.69, 9.17) is 0 Å². The Morgan fingerprint density at radius 2 is 2.23 bits per heavy atom. The summed E-state index contributed by atoms with van der Waals surface area (Å²) in [7, 11) is 0. The second-order valence-corrected chi connectivity index (χ2v) is 8.53. The topological polar surface area (TPSA) is 99.1 Å². The molecule has 0 fully saturated rings. The third-order valence-electron chi connectivity index (χ3n) is 5.39. The number of imidazole rings is 1. The average Bonchev–Trinajstić information content (AvgIpc) is 3.40. The maximum Gasteiger partial charge on any atom is 0.346 e. The first-order valence-electron chi connectivity index (χ1n) is 9.88. The van der Waals surface area contributed by atoms with E-state index in [1.807, 2.05) is 29.1 Å². The molecule has 5 rings (SSSR count). The number of rotatable bonds is 4. The summed E-state index contributed by atoms with van der Waals surface area (Å²) in [6.45, 7) is 2.87. The van der Waals surface area contributed by atoms with E-state index in [0.717, 1.165) is 28.6 Å². The normalized spacial score (nSPS) is 16.4. The molecule has 0 bridgehead atoms. The molecule has 10 heteroatoms. The number of nitrogens with one attached hydrogen (secondary N) is 1. The van der Waals surface area contributed by atoms with Crippen molar-refractivity contribution in [2.75, 3.05) is 0 Å². The highest BCUT2D eigenvalue weighted by Gasteiger charge is 2.23. The van der Waals surface area contributed by atoms with E-state index < -0.39 is 0 Å². The number of carbonyl (C=O) groups excluding carboxylic acids is 1. The number of hydrogen-bond acceptors (Lipinski definition) is 6. The molecule has 4 aromatic rings. The second-order valence-electron chi connectivity index (χ2n) is 7.47. The number of carbonyl (C=O) groups is 1. The molecule has 1 amide bonds. The molecule has 1 N–H and O–H groups in total. The molecule has 1 unspecified atom stereocenters. The van der Waals surface area contributed by atoms with Crippen molar-refractivity contribution in [3.05, 3.63) is 68.7 Å². The fraction of sp³-hybridized carbons (Fsp3) is 0.350. The lowest BCUT2D eigenvalue weighted by atomic mass is 10.1. The first-order valence-corrected chi connectivity index (χ1v) is 10.8. The number of fused-ring (bicyclic) bond motifs is 2. The van der Waals surface area contributed by atoms with E-state index in [-0.39, 0.29) is 17.6 Å². The van der Waals surface area contributed by atoms with Gasteiger partial charge in [-0.05, 0) is 31.9 Å². The smallest absolute Gasteiger partial charge is 0.346 e. The van der Waals surface area contributed by atoms with E-state index in [1.54, 1.807) is 34.2 Å². The van der Waals surface area contributed by atoms with Gasteiger partial charge in [-0.15, -0.1) is 11.3 Å². The summed E-state index contributed by atoms with van der Waals surface area (Å²) < 4.78 is 5.07. The van der Waals surface area contributed by atoms with Gasteiger partial charge in [0, 0.05) is 48.5 Å². The van der Waals surface area contributed by atoms with Crippen LogP contribution in [0.1, 0.15) is 39.7 Å². The Balaban J connectivity index is 1.26. The average molecular weight is 424 g/mol. The minimum absolute atomic E-state index is 0.00999. The van der Waals surface area contributed by atoms with Gasteiger partial charge in [-0.1, -0.05) is 0 Å². The molecule has 5 heterocycles. The maximum absolute atomic E-state index is 12.8. The van der Waals surface area contributed by atoms with Crippen molar-refractivity contribution < 1.29 is 4.79 Å². The summed E-state index contributed by atoms with van der Waals surface area (Å²) in [4.78, 5) is 34.1. The molecule has 0 aliphatic carbocycles. The summed E-state index contributed by atoms with van der Waals surface area (Å²) in [5, 5.41) is 10.6. The predicted molar refractivity (Wildman–Crippen MR) is 112 cm³/mol. The van der Waals surface area contributed by atoms with Gasteiger partial charge in [0.05, 0.1) is 17.2 Å². The fourth-order valence-corrected chi connectivity index (χ4v) is 4.43. The molecular weight excluding hydrogens is 402 g/mol. The van der Waals surface area contributed by atoms with E-state index in [9.17, 15) is 9.59 Å². The molecule has 9 nitrogen and oxygen atoms in total. The van der Waals surface area contributed by atoms with Crippen LogP contribution in [-0.2, 0) is 19.5 Å². The van der Waals surface area contributed by atoms with Crippen molar-refractivity contribution in [1.82, 2.24) is 34.0 Å². The van der Waals surface area contributed by atoms with Gasteiger partial charge in [0.2, 0.25) is 0 Å². The molecule has 1 aliphatic heterocycles. The lowest BCUT2D eigenvalue weighted by Crippen LogP contribution is -2.36. The van der Waals surface area contributed by atoms with Crippen LogP contribution < -0.4 is 11.0 Å². The lowest BCUT2D eigenvalue weighted by molar-refractivity contribution is 0.0933. The zero-order valence-electron chi connectivity index (χ0n) is 16.5. The van der Waals surface area contributed by atoms with Crippen LogP contribution in [0.25, 0.3) is 5.65 Å². The SMILES string of the molecule is Cc1nc(Cn2nc3n(c2=O)CCC(NC(=O)c2ccn4ccnc4c2)CC3)cs1. The Morgan fingerprint density at radius 3 is 3.07 bits per heavy atom. The van der Waals surface area contributed by atoms with Gasteiger partial charge in [0.25, 0.3) is 5.91 Å². The molecule has 1 aliphatic rings. The number of hydrogen-bond donors (Lipinski definition) is 1. The van der Waals surface area contributed by atoms with Gasteiger partial charge in [0.15, 0.2) is 0 Å². The highest BCUT2D eigenvalue weighted by atomic mass is 32.1. The Labute approximate surface area is 176 Å². The first-order chi connectivity index (χ1) is 14.6. The van der Waals surface area contributed by atoms with Crippen LogP contribution in [0.2, 0.25) is 0 Å². The third kappa shape index (κ3) is 3.54. The van der Waals surface area contributed by atoms with Crippen molar-refractivity contribution in [2.45, 2.75) is 45.3 Å². The largest absolute Gasteiger partial charge is 0.349 e. The van der Waals surface area contributed by atoms with Crippen molar-refractivity contribution in [3.8, 4) is 0 Å². The van der Waals surface area contributed by atoms with Crippen LogP contribution in [0, 0.1) is 6.92 Å². The van der Waals surface area contributed by atoms with Crippen LogP contribution >= 0.6 is 11.3 Å². The maximum atomic E-state index is 12.8. The van der Waals surface area contributed by atoms with Crippen LogP contribution in [0.3, 0.4) is 0 Å². The van der Waals surface area contributed by atoms with Gasteiger partial charge in [0.1, 0.15) is 11.5 Å². The molecule has 30 heavy (non-hydrogen) atoms. The molecule has 0 spiro atoms. The number of nitrogens with zero attached hydrogens (tertiary/aromatic N) is 6. The van der Waals surface area contributed by atoms with Crippen LogP contribution in [0.4, 0.5) is 0 Å². The zero-order chi connectivity index (χ0) is 20.7. The Hall–Kier alpha value is -3.27. The van der Waals surface area contributed by atoms with E-state index >= 15 is 0 Å². The van der Waals surface area contributed by atoms with Crippen molar-refractivity contribution in [2.24, 2.45) is 0 Å². The van der Waals surface area contributed by atoms with Crippen LogP contribution in [-0.4, -0.2) is 40.7 Å². The monoisotopic (exact) mass is 423 g/mol. The number of aromatic nitrogens is 6. The van der Waals surface area contributed by atoms with Gasteiger partial charge in [-0.3, -0.25) is 9.36 Å². The number of thiazole rings is 1. The Morgan fingerprint density at radius 1 is 1.33 bits per heavy atom. The highest BCUT2D eigenvalue weighted by molar-refractivity contribution is 7.09. The minimum Gasteiger partial charge on any atom is -0.349 e. The summed E-state index contributed by atoms with van der Waals surface area (Å²) in [5.41, 5.74) is 2.05. The molecular formula is C20H21N7O2S. The standard InChI is InChI=1S/C20H21N7O2S/c1-13-22-16(12-30-13)11-27-20(29)26-8-5-15(2-3-17(26)24-27)23-19(28)14-4-7-25-9-6-21-18(25)10-14/h4,6-7,9-10,12,15H,2-3,5,8,11H2,1H3,(H,23,28). The highest BCUT2D eigenvalue weighted by Crippen LogP contribution is 2.14. The molecule has 0 aromatic carbocycles. The van der Waals surface area contributed by atoms with Gasteiger partial charge in [-0.25, -0.2) is 19.4 Å². The summed E-state index contributed by atoms with van der Waals surface area (Å²) in [6, 6.07) is 3.55. The Kier molecular flexibility index (Phi) is 4.70. The second kappa shape index (κ2) is 7.52. The van der Waals surface area contributed by atoms with Crippen molar-refractivity contribution in [1.29, 1.82) is 0 Å². The molecule has 0 saturated heterocycles. The summed E-state index contributed by atoms with van der Waals surface area (Å²) in [5.74, 6) is 0.642. The number of aryl methyl sites for hydroxylation is 2. The fourth-order valence-electron chi connectivity index (χ4n) is 3.83. The van der Waals surface area contributed by atoms with E-state index in [1.165, 1.54) is 4.68 Å². The molecule has 154 valence electrons. The molecule has 1 atom stereocenters. The van der Waals surface area contributed by atoms with Crippen LogP contribution in [0.5, 0.6) is 0 Å². The number of pyridine rings is 1. The zero-order valence-corrected chi connectivity index (χ0v) is 17.3. The van der Waals surface area contributed by atoms with Gasteiger partial charge in [-0.2, -0.15) is 5.10 Å². The first kappa shape index (κ1) is 18.7. The lowest BCUT2D eigenvalue weighted by Gasteiger charge is -2.16. The van der Waals surface area contributed by atoms with Gasteiger partial charge < -0.3 is 9.72 Å². The predicted octanol–water partition coefficient (Wildman–Crippen LogP) is 1.64. The minimum atomic E-state index is -0.124. The number of amides is 1. The molecule has 0 saturated carbocycles. The summed E-state index contributed by atoms with van der Waals surface area (Å²) in [6.07, 6.45) is 7.43. The quantitative estimate of drug-likeness (QED) is 0.538. The Bertz CT molecular complexity index is 1280. The van der Waals surface area contributed by atoms with Gasteiger partial charge >= 0.3 is 5.69 Å². The van der Waals surface area contributed by atoms with Crippen LogP contribution in [0.15, 0.2) is 40.9 Å². The molecule has 0 radical (unpaired) electrons. The van der Waals surface area contributed by atoms with E-state index in [0.29, 0.717) is 31.5 Å². The summed E-state index contributed by atoms with van der Waals surface area (Å²) >= 11 is 1.57. The van der Waals surface area contributed by atoms with Crippen molar-refractivity contribution in [3.63, 3.8) is 0 Å².